The van der Waals surface area contributed by atoms with E-state index in [4.69, 9.17) is 5.73 Å². The minimum absolute atomic E-state index is 0. The highest BCUT2D eigenvalue weighted by Crippen LogP contribution is 2.14. The van der Waals surface area contributed by atoms with Crippen LogP contribution in [0.1, 0.15) is 25.5 Å². The minimum atomic E-state index is 0. The second-order valence-corrected chi connectivity index (χ2v) is 5.13. The molecule has 2 rings (SSSR count). The molecular weight excluding hydrogens is 353 g/mol. The SMILES string of the molecule is CC1CCCN(C(N)=NCCc2ccnn2C)C1.I. The summed E-state index contributed by atoms with van der Waals surface area (Å²) in [5, 5.41) is 4.14. The summed E-state index contributed by atoms with van der Waals surface area (Å²) in [5.41, 5.74) is 7.23. The fourth-order valence-corrected chi connectivity index (χ4v) is 2.43. The van der Waals surface area contributed by atoms with E-state index in [0.29, 0.717) is 5.96 Å². The van der Waals surface area contributed by atoms with Crippen LogP contribution in [-0.2, 0) is 13.5 Å². The highest BCUT2D eigenvalue weighted by atomic mass is 127. The van der Waals surface area contributed by atoms with Crippen LogP contribution in [0, 0.1) is 5.92 Å². The van der Waals surface area contributed by atoms with Gasteiger partial charge in [0, 0.05) is 45.0 Å². The molecular formula is C13H24IN5. The van der Waals surface area contributed by atoms with Gasteiger partial charge in [-0.2, -0.15) is 5.10 Å². The third kappa shape index (κ3) is 4.67. The maximum atomic E-state index is 6.04. The standard InChI is InChI=1S/C13H23N5.HI/c1-11-4-3-9-18(10-11)13(14)15-7-5-12-6-8-16-17(12)2;/h6,8,11H,3-5,7,9-10H2,1-2H3,(H2,14,15);1H. The number of aryl methyl sites for hydroxylation is 1. The van der Waals surface area contributed by atoms with E-state index in [-0.39, 0.29) is 24.0 Å². The molecule has 1 atom stereocenters. The largest absolute Gasteiger partial charge is 0.370 e. The van der Waals surface area contributed by atoms with Crippen LogP contribution in [0.4, 0.5) is 0 Å². The van der Waals surface area contributed by atoms with Gasteiger partial charge in [-0.05, 0) is 24.8 Å². The van der Waals surface area contributed by atoms with E-state index in [1.54, 1.807) is 0 Å². The van der Waals surface area contributed by atoms with Crippen molar-refractivity contribution in [3.8, 4) is 0 Å². The lowest BCUT2D eigenvalue weighted by Crippen LogP contribution is -2.43. The Morgan fingerprint density at radius 2 is 2.37 bits per heavy atom. The second kappa shape index (κ2) is 7.72. The zero-order valence-electron chi connectivity index (χ0n) is 11.7. The predicted octanol–water partition coefficient (Wildman–Crippen LogP) is 1.63. The van der Waals surface area contributed by atoms with E-state index in [2.05, 4.69) is 21.9 Å². The number of hydrogen-bond acceptors (Lipinski definition) is 2. The van der Waals surface area contributed by atoms with Crippen molar-refractivity contribution in [1.29, 1.82) is 0 Å². The molecule has 1 aromatic rings. The predicted molar refractivity (Wildman–Crippen MR) is 88.8 cm³/mol. The Morgan fingerprint density at radius 1 is 1.58 bits per heavy atom. The van der Waals surface area contributed by atoms with Crippen LogP contribution < -0.4 is 5.73 Å². The number of aliphatic imine (C=N–C) groups is 1. The molecule has 0 amide bonds. The summed E-state index contributed by atoms with van der Waals surface area (Å²) < 4.78 is 1.88. The number of nitrogens with zero attached hydrogens (tertiary/aromatic N) is 4. The minimum Gasteiger partial charge on any atom is -0.370 e. The van der Waals surface area contributed by atoms with Crippen molar-refractivity contribution in [3.63, 3.8) is 0 Å². The number of halogens is 1. The van der Waals surface area contributed by atoms with Crippen LogP contribution in [-0.4, -0.2) is 40.3 Å². The molecule has 1 saturated heterocycles. The first kappa shape index (κ1) is 16.3. The van der Waals surface area contributed by atoms with Crippen molar-refractivity contribution in [2.75, 3.05) is 19.6 Å². The summed E-state index contributed by atoms with van der Waals surface area (Å²) >= 11 is 0. The van der Waals surface area contributed by atoms with Crippen LogP contribution in [0.15, 0.2) is 17.3 Å². The van der Waals surface area contributed by atoms with Crippen molar-refractivity contribution in [3.05, 3.63) is 18.0 Å². The first-order chi connectivity index (χ1) is 8.66. The van der Waals surface area contributed by atoms with Gasteiger partial charge in [0.05, 0.1) is 0 Å². The van der Waals surface area contributed by atoms with Crippen LogP contribution in [0.5, 0.6) is 0 Å². The molecule has 1 fully saturated rings. The molecule has 2 heterocycles. The molecule has 0 aliphatic carbocycles. The Balaban J connectivity index is 0.00000180. The average molecular weight is 377 g/mol. The maximum absolute atomic E-state index is 6.04. The van der Waals surface area contributed by atoms with E-state index in [1.807, 2.05) is 24.0 Å². The van der Waals surface area contributed by atoms with Crippen LogP contribution in [0.3, 0.4) is 0 Å². The number of likely N-dealkylation sites (tertiary alicyclic amines) is 1. The molecule has 0 aromatic carbocycles. The summed E-state index contributed by atoms with van der Waals surface area (Å²) in [6, 6.07) is 2.02. The number of nitrogens with two attached hydrogens (primary N) is 1. The van der Waals surface area contributed by atoms with Gasteiger partial charge in [-0.1, -0.05) is 6.92 Å². The van der Waals surface area contributed by atoms with E-state index >= 15 is 0 Å². The van der Waals surface area contributed by atoms with Crippen molar-refractivity contribution in [2.45, 2.75) is 26.2 Å². The molecule has 1 aliphatic rings. The van der Waals surface area contributed by atoms with Crippen molar-refractivity contribution in [1.82, 2.24) is 14.7 Å². The van der Waals surface area contributed by atoms with Crippen LogP contribution in [0.2, 0.25) is 0 Å². The molecule has 5 nitrogen and oxygen atoms in total. The van der Waals surface area contributed by atoms with Crippen LogP contribution >= 0.6 is 24.0 Å². The topological polar surface area (TPSA) is 59.4 Å². The number of hydrogen-bond donors (Lipinski definition) is 1. The first-order valence-corrected chi connectivity index (χ1v) is 6.68. The monoisotopic (exact) mass is 377 g/mol. The van der Waals surface area contributed by atoms with Gasteiger partial charge in [0.1, 0.15) is 0 Å². The molecule has 0 radical (unpaired) electrons. The Hall–Kier alpha value is -0.790. The molecule has 0 bridgehead atoms. The fraction of sp³-hybridized carbons (Fsp3) is 0.692. The van der Waals surface area contributed by atoms with Gasteiger partial charge in [0.15, 0.2) is 5.96 Å². The summed E-state index contributed by atoms with van der Waals surface area (Å²) in [7, 11) is 1.95. The highest BCUT2D eigenvalue weighted by Gasteiger charge is 2.17. The molecule has 0 saturated carbocycles. The van der Waals surface area contributed by atoms with Gasteiger partial charge < -0.3 is 10.6 Å². The molecule has 2 N–H and O–H groups in total. The van der Waals surface area contributed by atoms with Gasteiger partial charge in [0.25, 0.3) is 0 Å². The number of guanidine groups is 1. The summed E-state index contributed by atoms with van der Waals surface area (Å²) in [6.45, 7) is 5.09. The Labute approximate surface area is 132 Å². The van der Waals surface area contributed by atoms with Crippen molar-refractivity contribution >= 4 is 29.9 Å². The van der Waals surface area contributed by atoms with Gasteiger partial charge in [-0.15, -0.1) is 24.0 Å². The quantitative estimate of drug-likeness (QED) is 0.495. The van der Waals surface area contributed by atoms with E-state index in [0.717, 1.165) is 32.0 Å². The third-order valence-corrected chi connectivity index (χ3v) is 3.55. The second-order valence-electron chi connectivity index (χ2n) is 5.13. The molecule has 19 heavy (non-hydrogen) atoms. The van der Waals surface area contributed by atoms with Crippen molar-refractivity contribution in [2.24, 2.45) is 23.7 Å². The number of piperidine rings is 1. The van der Waals surface area contributed by atoms with E-state index in [1.165, 1.54) is 18.5 Å². The molecule has 0 spiro atoms. The smallest absolute Gasteiger partial charge is 0.191 e. The van der Waals surface area contributed by atoms with Gasteiger partial charge >= 0.3 is 0 Å². The molecule has 1 aliphatic heterocycles. The molecule has 1 unspecified atom stereocenters. The zero-order chi connectivity index (χ0) is 13.0. The van der Waals surface area contributed by atoms with E-state index < -0.39 is 0 Å². The Kier molecular flexibility index (Phi) is 6.60. The maximum Gasteiger partial charge on any atom is 0.191 e. The summed E-state index contributed by atoms with van der Waals surface area (Å²) in [6.07, 6.45) is 5.23. The van der Waals surface area contributed by atoms with Crippen molar-refractivity contribution < 1.29 is 0 Å². The number of rotatable bonds is 3. The average Bonchev–Trinajstić information content (AvgIpc) is 2.75. The number of aromatic nitrogens is 2. The van der Waals surface area contributed by atoms with E-state index in [9.17, 15) is 0 Å². The highest BCUT2D eigenvalue weighted by molar-refractivity contribution is 14.0. The lowest BCUT2D eigenvalue weighted by molar-refractivity contribution is 0.270. The lowest BCUT2D eigenvalue weighted by Gasteiger charge is -2.31. The first-order valence-electron chi connectivity index (χ1n) is 6.68. The summed E-state index contributed by atoms with van der Waals surface area (Å²) in [4.78, 5) is 6.68. The molecule has 1 aromatic heterocycles. The lowest BCUT2D eigenvalue weighted by atomic mass is 10.0. The fourth-order valence-electron chi connectivity index (χ4n) is 2.43. The normalized spacial score (nSPS) is 20.2. The molecule has 108 valence electrons. The third-order valence-electron chi connectivity index (χ3n) is 3.55. The van der Waals surface area contributed by atoms with Crippen LogP contribution in [0.25, 0.3) is 0 Å². The zero-order valence-corrected chi connectivity index (χ0v) is 14.1. The van der Waals surface area contributed by atoms with Gasteiger partial charge in [-0.3, -0.25) is 9.67 Å². The Morgan fingerprint density at radius 3 is 3.00 bits per heavy atom. The van der Waals surface area contributed by atoms with Gasteiger partial charge in [-0.25, -0.2) is 0 Å². The molecule has 6 heteroatoms. The summed E-state index contributed by atoms with van der Waals surface area (Å²) in [5.74, 6) is 1.42. The Bertz CT molecular complexity index is 415. The van der Waals surface area contributed by atoms with Gasteiger partial charge in [0.2, 0.25) is 0 Å².